The summed E-state index contributed by atoms with van der Waals surface area (Å²) in [7, 11) is 0. The molecule has 0 aliphatic carbocycles. The van der Waals surface area contributed by atoms with Crippen LogP contribution >= 0.6 is 11.3 Å². The number of nitrogens with zero attached hydrogens (tertiary/aromatic N) is 4. The Balaban J connectivity index is 1.66. The minimum absolute atomic E-state index is 0.0486. The zero-order valence-electron chi connectivity index (χ0n) is 15.2. The van der Waals surface area contributed by atoms with Gasteiger partial charge in [-0.2, -0.15) is 0 Å². The molecule has 2 aromatic rings. The molecule has 0 spiro atoms. The third-order valence-corrected chi connectivity index (χ3v) is 5.74. The molecule has 3 rings (SSSR count). The van der Waals surface area contributed by atoms with E-state index in [4.69, 9.17) is 0 Å². The maximum atomic E-state index is 12.7. The largest absolute Gasteiger partial charge is 0.338 e. The van der Waals surface area contributed by atoms with Crippen molar-refractivity contribution in [1.82, 2.24) is 19.8 Å². The number of thiophene rings is 1. The van der Waals surface area contributed by atoms with Gasteiger partial charge in [0.05, 0.1) is 4.88 Å². The summed E-state index contributed by atoms with van der Waals surface area (Å²) in [5, 5.41) is 0. The molecule has 1 aliphatic heterocycles. The van der Waals surface area contributed by atoms with Gasteiger partial charge in [0.15, 0.2) is 0 Å². The van der Waals surface area contributed by atoms with Gasteiger partial charge in [0.1, 0.15) is 6.33 Å². The lowest BCUT2D eigenvalue weighted by molar-refractivity contribution is -0.132. The van der Waals surface area contributed by atoms with Crippen LogP contribution in [0.25, 0.3) is 0 Å². The normalized spacial score (nSPS) is 17.6. The lowest BCUT2D eigenvalue weighted by atomic mass is 10.1. The first kappa shape index (κ1) is 18.5. The van der Waals surface area contributed by atoms with Gasteiger partial charge >= 0.3 is 0 Å². The second kappa shape index (κ2) is 8.40. The average Bonchev–Trinajstić information content (AvgIpc) is 2.92. The van der Waals surface area contributed by atoms with Crippen LogP contribution in [0.5, 0.6) is 0 Å². The van der Waals surface area contributed by atoms with Crippen molar-refractivity contribution in [3.05, 3.63) is 46.2 Å². The van der Waals surface area contributed by atoms with Crippen molar-refractivity contribution in [3.8, 4) is 0 Å². The quantitative estimate of drug-likeness (QED) is 0.828. The summed E-state index contributed by atoms with van der Waals surface area (Å²) in [5.41, 5.74) is 0.925. The minimum atomic E-state index is 0.0486. The van der Waals surface area contributed by atoms with Crippen LogP contribution < -0.4 is 0 Å². The van der Waals surface area contributed by atoms with Gasteiger partial charge in [-0.3, -0.25) is 9.59 Å². The molecule has 7 heteroatoms. The summed E-state index contributed by atoms with van der Waals surface area (Å²) in [6.07, 6.45) is 7.58. The molecule has 6 nitrogen and oxygen atoms in total. The number of hydrogen-bond donors (Lipinski definition) is 0. The molecule has 0 N–H and O–H groups in total. The molecule has 138 valence electrons. The van der Waals surface area contributed by atoms with E-state index in [9.17, 15) is 9.59 Å². The van der Waals surface area contributed by atoms with E-state index in [2.05, 4.69) is 9.97 Å². The number of aromatic nitrogens is 2. The van der Waals surface area contributed by atoms with Gasteiger partial charge in [0, 0.05) is 55.4 Å². The molecule has 0 aromatic carbocycles. The first-order chi connectivity index (χ1) is 12.5. The van der Waals surface area contributed by atoms with Gasteiger partial charge in [-0.25, -0.2) is 9.97 Å². The minimum Gasteiger partial charge on any atom is -0.338 e. The molecule has 2 amide bonds. The predicted octanol–water partition coefficient (Wildman–Crippen LogP) is 2.89. The number of aryl methyl sites for hydroxylation is 1. The highest BCUT2D eigenvalue weighted by molar-refractivity contribution is 7.13. The van der Waals surface area contributed by atoms with Crippen LogP contribution in [0.3, 0.4) is 0 Å². The lowest BCUT2D eigenvalue weighted by Crippen LogP contribution is -2.39. The molecule has 1 unspecified atom stereocenters. The second-order valence-corrected chi connectivity index (χ2v) is 7.97. The van der Waals surface area contributed by atoms with E-state index >= 15 is 0 Å². The number of likely N-dealkylation sites (tertiary alicyclic amines) is 1. The SMILES string of the molecule is CC(=O)N(Cc1cncnc1)C1CCCN(C(=O)c2ccc(C)s2)CC1. The Morgan fingerprint density at radius 1 is 1.23 bits per heavy atom. The van der Waals surface area contributed by atoms with Crippen LogP contribution in [0.15, 0.2) is 30.9 Å². The zero-order valence-corrected chi connectivity index (χ0v) is 16.0. The Hall–Kier alpha value is -2.28. The average molecular weight is 372 g/mol. The molecular weight excluding hydrogens is 348 g/mol. The number of carbonyl (C=O) groups is 2. The van der Waals surface area contributed by atoms with E-state index in [-0.39, 0.29) is 17.9 Å². The highest BCUT2D eigenvalue weighted by Gasteiger charge is 2.27. The van der Waals surface area contributed by atoms with E-state index in [1.54, 1.807) is 30.7 Å². The van der Waals surface area contributed by atoms with Gasteiger partial charge in [-0.1, -0.05) is 0 Å². The topological polar surface area (TPSA) is 66.4 Å². The zero-order chi connectivity index (χ0) is 18.5. The Labute approximate surface area is 157 Å². The maximum absolute atomic E-state index is 12.7. The Morgan fingerprint density at radius 2 is 2.00 bits per heavy atom. The molecule has 1 aliphatic rings. The Morgan fingerprint density at radius 3 is 2.65 bits per heavy atom. The fourth-order valence-corrected chi connectivity index (χ4v) is 4.24. The maximum Gasteiger partial charge on any atom is 0.263 e. The number of hydrogen-bond acceptors (Lipinski definition) is 5. The number of rotatable bonds is 4. The molecule has 26 heavy (non-hydrogen) atoms. The summed E-state index contributed by atoms with van der Waals surface area (Å²) in [6.45, 7) is 5.55. The number of carbonyl (C=O) groups excluding carboxylic acids is 2. The van der Waals surface area contributed by atoms with E-state index < -0.39 is 0 Å². The molecule has 1 atom stereocenters. The van der Waals surface area contributed by atoms with Crippen molar-refractivity contribution < 1.29 is 9.59 Å². The standard InChI is InChI=1S/C19H24N4O2S/c1-14-5-6-18(26-14)19(25)22-8-3-4-17(7-9-22)23(15(2)24)12-16-10-20-13-21-11-16/h5-6,10-11,13,17H,3-4,7-9,12H2,1-2H3. The summed E-state index contributed by atoms with van der Waals surface area (Å²) in [5.74, 6) is 0.155. The third kappa shape index (κ3) is 4.46. The van der Waals surface area contributed by atoms with Gasteiger partial charge < -0.3 is 9.80 Å². The molecule has 0 saturated carbocycles. The van der Waals surface area contributed by atoms with Crippen LogP contribution in [0.2, 0.25) is 0 Å². The van der Waals surface area contributed by atoms with Gasteiger partial charge in [0.2, 0.25) is 5.91 Å². The molecule has 3 heterocycles. The van der Waals surface area contributed by atoms with Crippen molar-refractivity contribution in [2.75, 3.05) is 13.1 Å². The smallest absolute Gasteiger partial charge is 0.263 e. The van der Waals surface area contributed by atoms with Gasteiger partial charge in [-0.05, 0) is 38.3 Å². The van der Waals surface area contributed by atoms with Gasteiger partial charge in [0.25, 0.3) is 5.91 Å². The van der Waals surface area contributed by atoms with Crippen LogP contribution in [-0.2, 0) is 11.3 Å². The predicted molar refractivity (Wildman–Crippen MR) is 101 cm³/mol. The van der Waals surface area contributed by atoms with E-state index in [1.165, 1.54) is 6.33 Å². The second-order valence-electron chi connectivity index (χ2n) is 6.68. The summed E-state index contributed by atoms with van der Waals surface area (Å²) < 4.78 is 0. The van der Waals surface area contributed by atoms with E-state index in [1.807, 2.05) is 28.9 Å². The highest BCUT2D eigenvalue weighted by Crippen LogP contribution is 2.23. The molecule has 1 saturated heterocycles. The highest BCUT2D eigenvalue weighted by atomic mass is 32.1. The first-order valence-electron chi connectivity index (χ1n) is 8.91. The molecular formula is C19H24N4O2S. The van der Waals surface area contributed by atoms with Crippen LogP contribution in [0, 0.1) is 6.92 Å². The van der Waals surface area contributed by atoms with Gasteiger partial charge in [-0.15, -0.1) is 11.3 Å². The molecule has 0 radical (unpaired) electrons. The van der Waals surface area contributed by atoms with Crippen molar-refractivity contribution >= 4 is 23.2 Å². The first-order valence-corrected chi connectivity index (χ1v) is 9.73. The van der Waals surface area contributed by atoms with Crippen LogP contribution in [-0.4, -0.2) is 50.7 Å². The molecule has 2 aromatic heterocycles. The van der Waals surface area contributed by atoms with E-state index in [0.29, 0.717) is 13.1 Å². The molecule has 1 fully saturated rings. The van der Waals surface area contributed by atoms with Crippen molar-refractivity contribution in [2.45, 2.75) is 45.7 Å². The number of amides is 2. The fraction of sp³-hybridized carbons (Fsp3) is 0.474. The van der Waals surface area contributed by atoms with Crippen LogP contribution in [0.4, 0.5) is 0 Å². The third-order valence-electron chi connectivity index (χ3n) is 4.75. The van der Waals surface area contributed by atoms with Crippen molar-refractivity contribution in [1.29, 1.82) is 0 Å². The Bertz CT molecular complexity index is 762. The lowest BCUT2D eigenvalue weighted by Gasteiger charge is -2.30. The van der Waals surface area contributed by atoms with E-state index in [0.717, 1.165) is 41.1 Å². The van der Waals surface area contributed by atoms with Crippen LogP contribution in [0.1, 0.15) is 46.3 Å². The summed E-state index contributed by atoms with van der Waals surface area (Å²) in [6, 6.07) is 4.02. The molecule has 0 bridgehead atoms. The fourth-order valence-electron chi connectivity index (χ4n) is 3.40. The summed E-state index contributed by atoms with van der Waals surface area (Å²) >= 11 is 1.54. The monoisotopic (exact) mass is 372 g/mol. The van der Waals surface area contributed by atoms with Crippen molar-refractivity contribution in [2.24, 2.45) is 0 Å². The van der Waals surface area contributed by atoms with Crippen molar-refractivity contribution in [3.63, 3.8) is 0 Å². The summed E-state index contributed by atoms with van der Waals surface area (Å²) in [4.78, 5) is 38.7. The Kier molecular flexibility index (Phi) is 5.98.